The van der Waals surface area contributed by atoms with E-state index in [0.717, 1.165) is 22.0 Å². The summed E-state index contributed by atoms with van der Waals surface area (Å²) in [6.07, 6.45) is 1.35. The van der Waals surface area contributed by atoms with Crippen LogP contribution in [0.5, 0.6) is 0 Å². The summed E-state index contributed by atoms with van der Waals surface area (Å²) in [4.78, 5) is 15.4. The maximum absolute atomic E-state index is 12.1. The van der Waals surface area contributed by atoms with Gasteiger partial charge in [-0.15, -0.1) is 0 Å². The van der Waals surface area contributed by atoms with Gasteiger partial charge in [-0.25, -0.2) is 4.79 Å². The molecule has 2 aromatic carbocycles. The second kappa shape index (κ2) is 8.46. The Morgan fingerprint density at radius 3 is 2.54 bits per heavy atom. The number of nitrogens with one attached hydrogen (secondary N) is 2. The largest absolute Gasteiger partial charge is 0.447 e. The Hall–Kier alpha value is -2.83. The van der Waals surface area contributed by atoms with E-state index in [2.05, 4.69) is 10.3 Å². The molecule has 0 aliphatic carbocycles. The molecule has 0 aliphatic rings. The number of hydrogen-bond acceptors (Lipinski definition) is 4. The molecule has 0 spiro atoms. The van der Waals surface area contributed by atoms with Gasteiger partial charge in [-0.3, -0.25) is 0 Å². The monoisotopic (exact) mass is 381 g/mol. The summed E-state index contributed by atoms with van der Waals surface area (Å²) in [5.41, 5.74) is 2.41. The molecule has 1 unspecified atom stereocenters. The van der Waals surface area contributed by atoms with E-state index in [1.165, 1.54) is 5.06 Å². The highest BCUT2D eigenvalue weighted by Gasteiger charge is 2.25. The number of hydroxylamine groups is 2. The number of fused-ring (bicyclic) bond motifs is 1. The number of H-pyrrole nitrogens is 1. The average molecular weight is 381 g/mol. The van der Waals surface area contributed by atoms with Gasteiger partial charge >= 0.3 is 6.09 Å². The van der Waals surface area contributed by atoms with Crippen LogP contribution in [0.1, 0.15) is 37.9 Å². The minimum Gasteiger partial charge on any atom is -0.447 e. The van der Waals surface area contributed by atoms with Crippen LogP contribution in [0.25, 0.3) is 10.9 Å². The smallest absolute Gasteiger partial charge is 0.407 e. The molecule has 1 heterocycles. The lowest BCUT2D eigenvalue weighted by Crippen LogP contribution is -2.42. The highest BCUT2D eigenvalue weighted by molar-refractivity contribution is 5.83. The summed E-state index contributed by atoms with van der Waals surface area (Å²) < 4.78 is 5.45. The second-order valence-corrected chi connectivity index (χ2v) is 7.86. The minimum absolute atomic E-state index is 0.0209. The van der Waals surface area contributed by atoms with E-state index in [1.54, 1.807) is 0 Å². The summed E-state index contributed by atoms with van der Waals surface area (Å²) in [6.45, 7) is 6.00. The maximum Gasteiger partial charge on any atom is 0.407 e. The summed E-state index contributed by atoms with van der Waals surface area (Å²) in [5.74, 6) is 0. The predicted molar refractivity (Wildman–Crippen MR) is 109 cm³/mol. The highest BCUT2D eigenvalue weighted by atomic mass is 16.6. The number of nitrogens with zero attached hydrogens (tertiary/aromatic N) is 1. The fraction of sp³-hybridized carbons (Fsp3) is 0.318. The van der Waals surface area contributed by atoms with E-state index in [4.69, 9.17) is 4.74 Å². The zero-order chi connectivity index (χ0) is 20.1. The molecule has 3 rings (SSSR count). The van der Waals surface area contributed by atoms with Gasteiger partial charge in [-0.2, -0.15) is 5.06 Å². The number of ether oxygens (including phenoxy) is 1. The first-order valence-corrected chi connectivity index (χ1v) is 9.34. The van der Waals surface area contributed by atoms with Gasteiger partial charge in [0.05, 0.1) is 6.04 Å². The van der Waals surface area contributed by atoms with Crippen LogP contribution in [0.3, 0.4) is 0 Å². The van der Waals surface area contributed by atoms with Crippen LogP contribution in [0, 0.1) is 0 Å². The molecule has 28 heavy (non-hydrogen) atoms. The lowest BCUT2D eigenvalue weighted by molar-refractivity contribution is -0.147. The van der Waals surface area contributed by atoms with E-state index in [0.29, 0.717) is 6.54 Å². The molecule has 0 saturated carbocycles. The Morgan fingerprint density at radius 1 is 1.14 bits per heavy atom. The number of para-hydroxylation sites is 1. The fourth-order valence-electron chi connectivity index (χ4n) is 3.08. The lowest BCUT2D eigenvalue weighted by Gasteiger charge is -2.27. The van der Waals surface area contributed by atoms with Crippen LogP contribution < -0.4 is 5.32 Å². The van der Waals surface area contributed by atoms with E-state index >= 15 is 0 Å². The van der Waals surface area contributed by atoms with Gasteiger partial charge in [-0.1, -0.05) is 48.5 Å². The van der Waals surface area contributed by atoms with E-state index < -0.39 is 17.7 Å². The standard InChI is InChI=1S/C22H27N3O3/c1-22(2,3)24-21(26)28-15-20(25(27)14-16-9-5-4-6-10-16)18-13-23-19-12-8-7-11-17(18)19/h4-13,20,23,27H,14-15H2,1-3H3,(H,24,26). The third-order valence-corrected chi connectivity index (χ3v) is 4.38. The summed E-state index contributed by atoms with van der Waals surface area (Å²) in [5, 5.41) is 15.8. The topological polar surface area (TPSA) is 77.6 Å². The van der Waals surface area contributed by atoms with E-state index in [9.17, 15) is 10.0 Å². The molecule has 0 bridgehead atoms. The number of benzene rings is 2. The zero-order valence-corrected chi connectivity index (χ0v) is 16.5. The Balaban J connectivity index is 1.82. The van der Waals surface area contributed by atoms with Gasteiger partial charge in [0.2, 0.25) is 0 Å². The molecule has 3 N–H and O–H groups in total. The quantitative estimate of drug-likeness (QED) is 0.544. The lowest BCUT2D eigenvalue weighted by atomic mass is 10.1. The summed E-state index contributed by atoms with van der Waals surface area (Å²) >= 11 is 0. The third kappa shape index (κ3) is 5.12. The van der Waals surface area contributed by atoms with Gasteiger partial charge in [-0.05, 0) is 32.4 Å². The molecule has 0 saturated heterocycles. The highest BCUT2D eigenvalue weighted by Crippen LogP contribution is 2.29. The van der Waals surface area contributed by atoms with Crippen LogP contribution in [0.15, 0.2) is 60.8 Å². The first kappa shape index (κ1) is 19.9. The molecule has 148 valence electrons. The fourth-order valence-corrected chi connectivity index (χ4v) is 3.08. The molecule has 6 heteroatoms. The summed E-state index contributed by atoms with van der Waals surface area (Å²) in [7, 11) is 0. The van der Waals surface area contributed by atoms with Crippen molar-refractivity contribution in [2.24, 2.45) is 0 Å². The normalized spacial score (nSPS) is 12.9. The van der Waals surface area contributed by atoms with Crippen LogP contribution >= 0.6 is 0 Å². The van der Waals surface area contributed by atoms with Gasteiger partial charge in [0.1, 0.15) is 6.61 Å². The van der Waals surface area contributed by atoms with Crippen molar-refractivity contribution in [3.05, 3.63) is 71.9 Å². The van der Waals surface area contributed by atoms with Gasteiger partial charge in [0, 0.05) is 34.7 Å². The molecule has 6 nitrogen and oxygen atoms in total. The first-order valence-electron chi connectivity index (χ1n) is 9.34. The van der Waals surface area contributed by atoms with Crippen molar-refractivity contribution in [3.63, 3.8) is 0 Å². The Bertz CT molecular complexity index is 915. The molecular weight excluding hydrogens is 354 g/mol. The molecule has 1 atom stereocenters. The van der Waals surface area contributed by atoms with Crippen molar-refractivity contribution in [1.82, 2.24) is 15.4 Å². The Labute approximate surface area is 165 Å². The maximum atomic E-state index is 12.1. The van der Waals surface area contributed by atoms with Gasteiger partial charge in [0.15, 0.2) is 0 Å². The number of carbonyl (C=O) groups is 1. The molecule has 0 aliphatic heterocycles. The SMILES string of the molecule is CC(C)(C)NC(=O)OCC(c1c[nH]c2ccccc12)N(O)Cc1ccccc1. The van der Waals surface area contributed by atoms with Gasteiger partial charge in [0.25, 0.3) is 0 Å². The number of aromatic amines is 1. The van der Waals surface area contributed by atoms with Crippen LogP contribution in [-0.4, -0.2) is 33.5 Å². The number of carbonyl (C=O) groups excluding carboxylic acids is 1. The van der Waals surface area contributed by atoms with E-state index in [1.807, 2.05) is 81.6 Å². The second-order valence-electron chi connectivity index (χ2n) is 7.86. The molecule has 3 aromatic rings. The number of aromatic nitrogens is 1. The number of rotatable bonds is 6. The van der Waals surface area contributed by atoms with Crippen molar-refractivity contribution < 1.29 is 14.7 Å². The van der Waals surface area contributed by atoms with Crippen LogP contribution in [0.2, 0.25) is 0 Å². The molecule has 1 aromatic heterocycles. The van der Waals surface area contributed by atoms with Crippen molar-refractivity contribution in [3.8, 4) is 0 Å². The summed E-state index contributed by atoms with van der Waals surface area (Å²) in [6, 6.07) is 17.0. The molecule has 0 fully saturated rings. The number of hydrogen-bond donors (Lipinski definition) is 3. The first-order chi connectivity index (χ1) is 13.3. The minimum atomic E-state index is -0.512. The van der Waals surface area contributed by atoms with Crippen molar-refractivity contribution in [2.75, 3.05) is 6.61 Å². The third-order valence-electron chi connectivity index (χ3n) is 4.38. The Kier molecular flexibility index (Phi) is 6.02. The van der Waals surface area contributed by atoms with Gasteiger partial charge < -0.3 is 20.2 Å². The van der Waals surface area contributed by atoms with Crippen molar-refractivity contribution in [2.45, 2.75) is 38.9 Å². The zero-order valence-electron chi connectivity index (χ0n) is 16.5. The predicted octanol–water partition coefficient (Wildman–Crippen LogP) is 4.63. The van der Waals surface area contributed by atoms with Crippen LogP contribution in [-0.2, 0) is 11.3 Å². The average Bonchev–Trinajstić information content (AvgIpc) is 3.05. The Morgan fingerprint density at radius 2 is 1.82 bits per heavy atom. The molecular formula is C22H27N3O3. The number of alkyl carbamates (subject to hydrolysis) is 1. The van der Waals surface area contributed by atoms with E-state index in [-0.39, 0.29) is 6.61 Å². The molecule has 0 radical (unpaired) electrons. The number of amides is 1. The van der Waals surface area contributed by atoms with Crippen LogP contribution in [0.4, 0.5) is 4.79 Å². The van der Waals surface area contributed by atoms with Crippen molar-refractivity contribution >= 4 is 17.0 Å². The van der Waals surface area contributed by atoms with Crippen molar-refractivity contribution in [1.29, 1.82) is 0 Å². The molecule has 1 amide bonds.